The molecule has 0 bridgehead atoms. The number of aryl methyl sites for hydroxylation is 1. The van der Waals surface area contributed by atoms with E-state index in [2.05, 4.69) is 6.92 Å². The van der Waals surface area contributed by atoms with Gasteiger partial charge in [0.15, 0.2) is 0 Å². The first-order chi connectivity index (χ1) is 8.96. The van der Waals surface area contributed by atoms with E-state index in [-0.39, 0.29) is 0 Å². The summed E-state index contributed by atoms with van der Waals surface area (Å²) in [4.78, 5) is 0. The van der Waals surface area contributed by atoms with Crippen molar-refractivity contribution in [1.82, 2.24) is 0 Å². The Morgan fingerprint density at radius 3 is 2.32 bits per heavy atom. The third-order valence-corrected chi connectivity index (χ3v) is 4.32. The van der Waals surface area contributed by atoms with Crippen LogP contribution in [0.3, 0.4) is 0 Å². The van der Waals surface area contributed by atoms with Gasteiger partial charge in [0.25, 0.3) is 0 Å². The zero-order valence-electron chi connectivity index (χ0n) is 12.3. The van der Waals surface area contributed by atoms with Gasteiger partial charge in [-0.3, -0.25) is 0 Å². The molecule has 0 heterocycles. The lowest BCUT2D eigenvalue weighted by Crippen LogP contribution is -2.30. The smallest absolute Gasteiger partial charge is 0.125 e. The van der Waals surface area contributed by atoms with Gasteiger partial charge in [-0.1, -0.05) is 18.5 Å². The van der Waals surface area contributed by atoms with E-state index in [9.17, 15) is 0 Å². The van der Waals surface area contributed by atoms with Crippen molar-refractivity contribution in [3.63, 3.8) is 0 Å². The number of methoxy groups -OCH3 is 1. The van der Waals surface area contributed by atoms with E-state index in [1.54, 1.807) is 7.11 Å². The van der Waals surface area contributed by atoms with Gasteiger partial charge in [0, 0.05) is 5.02 Å². The summed E-state index contributed by atoms with van der Waals surface area (Å²) in [7, 11) is 1.70. The summed E-state index contributed by atoms with van der Waals surface area (Å²) in [6.45, 7) is 7.45. The number of hydrogen-bond donors (Lipinski definition) is 2. The molecule has 3 nitrogen and oxygen atoms in total. The minimum Gasteiger partial charge on any atom is -0.496 e. The Morgan fingerprint density at radius 2 is 1.84 bits per heavy atom. The normalized spacial score (nSPS) is 12.8. The third kappa shape index (κ3) is 3.62. The van der Waals surface area contributed by atoms with Crippen LogP contribution in [0.2, 0.25) is 5.02 Å². The van der Waals surface area contributed by atoms with Crippen molar-refractivity contribution < 1.29 is 4.74 Å². The fourth-order valence-electron chi connectivity index (χ4n) is 2.50. The van der Waals surface area contributed by atoms with E-state index in [0.717, 1.165) is 28.3 Å². The molecule has 0 fully saturated rings. The molecule has 0 aliphatic rings. The standard InChI is InChI=1S/C15H25ClN2O/c1-9(12(7-17)8-18)5-13-11(3)14(16)6-10(2)15(13)19-4/h6,9,12H,5,7-8,17-18H2,1-4H3. The van der Waals surface area contributed by atoms with Crippen LogP contribution in [0.15, 0.2) is 6.07 Å². The molecule has 108 valence electrons. The van der Waals surface area contributed by atoms with Crippen LogP contribution in [-0.4, -0.2) is 20.2 Å². The van der Waals surface area contributed by atoms with Gasteiger partial charge in [-0.25, -0.2) is 0 Å². The number of rotatable bonds is 6. The SMILES string of the molecule is COc1c(C)cc(Cl)c(C)c1CC(C)C(CN)CN. The average molecular weight is 285 g/mol. The Balaban J connectivity index is 3.12. The summed E-state index contributed by atoms with van der Waals surface area (Å²) in [5.74, 6) is 1.66. The van der Waals surface area contributed by atoms with Crippen molar-refractivity contribution in [1.29, 1.82) is 0 Å². The second kappa shape index (κ2) is 7.13. The summed E-state index contributed by atoms with van der Waals surface area (Å²) in [6.07, 6.45) is 0.884. The minimum atomic E-state index is 0.323. The highest BCUT2D eigenvalue weighted by atomic mass is 35.5. The van der Waals surface area contributed by atoms with E-state index in [0.29, 0.717) is 24.9 Å². The molecule has 0 spiro atoms. The van der Waals surface area contributed by atoms with E-state index in [1.807, 2.05) is 19.9 Å². The monoisotopic (exact) mass is 284 g/mol. The predicted octanol–water partition coefficient (Wildman–Crippen LogP) is 2.68. The molecule has 0 aliphatic heterocycles. The summed E-state index contributed by atoms with van der Waals surface area (Å²) >= 11 is 6.27. The minimum absolute atomic E-state index is 0.323. The van der Waals surface area contributed by atoms with Gasteiger partial charge in [-0.2, -0.15) is 0 Å². The highest BCUT2D eigenvalue weighted by molar-refractivity contribution is 6.31. The molecule has 1 aromatic carbocycles. The van der Waals surface area contributed by atoms with Crippen LogP contribution in [0.1, 0.15) is 23.6 Å². The van der Waals surface area contributed by atoms with Crippen molar-refractivity contribution in [2.75, 3.05) is 20.2 Å². The Labute approximate surface area is 121 Å². The number of ether oxygens (including phenoxy) is 1. The van der Waals surface area contributed by atoms with Gasteiger partial charge in [0.05, 0.1) is 7.11 Å². The van der Waals surface area contributed by atoms with Crippen LogP contribution in [0.25, 0.3) is 0 Å². The highest BCUT2D eigenvalue weighted by Gasteiger charge is 2.20. The lowest BCUT2D eigenvalue weighted by Gasteiger charge is -2.24. The number of hydrogen-bond acceptors (Lipinski definition) is 3. The van der Waals surface area contributed by atoms with Gasteiger partial charge >= 0.3 is 0 Å². The highest BCUT2D eigenvalue weighted by Crippen LogP contribution is 2.34. The van der Waals surface area contributed by atoms with Crippen molar-refractivity contribution in [2.24, 2.45) is 23.3 Å². The molecule has 1 aromatic rings. The van der Waals surface area contributed by atoms with E-state index < -0.39 is 0 Å². The van der Waals surface area contributed by atoms with Crippen LogP contribution in [0, 0.1) is 25.7 Å². The predicted molar refractivity (Wildman–Crippen MR) is 81.9 cm³/mol. The molecule has 0 saturated carbocycles. The zero-order chi connectivity index (χ0) is 14.6. The summed E-state index contributed by atoms with van der Waals surface area (Å²) < 4.78 is 5.54. The number of benzene rings is 1. The maximum Gasteiger partial charge on any atom is 0.125 e. The quantitative estimate of drug-likeness (QED) is 0.844. The zero-order valence-corrected chi connectivity index (χ0v) is 13.1. The summed E-state index contributed by atoms with van der Waals surface area (Å²) in [5, 5.41) is 0.789. The van der Waals surface area contributed by atoms with Crippen LogP contribution in [0.5, 0.6) is 5.75 Å². The first kappa shape index (κ1) is 16.3. The maximum atomic E-state index is 6.27. The lowest BCUT2D eigenvalue weighted by atomic mass is 9.86. The second-order valence-corrected chi connectivity index (χ2v) is 5.63. The number of halogens is 1. The van der Waals surface area contributed by atoms with Gasteiger partial charge in [-0.05, 0) is 68.0 Å². The molecule has 4 N–H and O–H groups in total. The van der Waals surface area contributed by atoms with Crippen molar-refractivity contribution >= 4 is 11.6 Å². The van der Waals surface area contributed by atoms with Crippen LogP contribution >= 0.6 is 11.6 Å². The van der Waals surface area contributed by atoms with Gasteiger partial charge in [-0.15, -0.1) is 0 Å². The molecule has 0 saturated heterocycles. The van der Waals surface area contributed by atoms with Gasteiger partial charge in [0.1, 0.15) is 5.75 Å². The first-order valence-corrected chi connectivity index (χ1v) is 7.06. The molecule has 0 radical (unpaired) electrons. The molecule has 1 atom stereocenters. The van der Waals surface area contributed by atoms with Crippen LogP contribution in [-0.2, 0) is 6.42 Å². The van der Waals surface area contributed by atoms with Crippen molar-refractivity contribution in [3.05, 3.63) is 27.8 Å². The lowest BCUT2D eigenvalue weighted by molar-refractivity contribution is 0.359. The molecule has 0 aromatic heterocycles. The maximum absolute atomic E-state index is 6.27. The van der Waals surface area contributed by atoms with Gasteiger partial charge in [0.2, 0.25) is 0 Å². The Hall–Kier alpha value is -0.770. The van der Waals surface area contributed by atoms with Crippen LogP contribution < -0.4 is 16.2 Å². The Bertz CT molecular complexity index is 431. The van der Waals surface area contributed by atoms with Gasteiger partial charge < -0.3 is 16.2 Å². The Morgan fingerprint density at radius 1 is 1.26 bits per heavy atom. The summed E-state index contributed by atoms with van der Waals surface area (Å²) in [6, 6.07) is 1.95. The van der Waals surface area contributed by atoms with Crippen molar-refractivity contribution in [3.8, 4) is 5.75 Å². The van der Waals surface area contributed by atoms with E-state index >= 15 is 0 Å². The third-order valence-electron chi connectivity index (χ3n) is 3.93. The fraction of sp³-hybridized carbons (Fsp3) is 0.600. The second-order valence-electron chi connectivity index (χ2n) is 5.22. The largest absolute Gasteiger partial charge is 0.496 e. The van der Waals surface area contributed by atoms with Crippen molar-refractivity contribution in [2.45, 2.75) is 27.2 Å². The molecule has 0 aliphatic carbocycles. The number of nitrogens with two attached hydrogens (primary N) is 2. The fourth-order valence-corrected chi connectivity index (χ4v) is 2.77. The topological polar surface area (TPSA) is 61.3 Å². The molecule has 1 rings (SSSR count). The molecular formula is C15H25ClN2O. The molecule has 19 heavy (non-hydrogen) atoms. The molecule has 4 heteroatoms. The first-order valence-electron chi connectivity index (χ1n) is 6.68. The molecule has 1 unspecified atom stereocenters. The van der Waals surface area contributed by atoms with E-state index in [4.69, 9.17) is 27.8 Å². The van der Waals surface area contributed by atoms with E-state index in [1.165, 1.54) is 5.56 Å². The molecular weight excluding hydrogens is 260 g/mol. The molecule has 0 amide bonds. The Kier molecular flexibility index (Phi) is 6.11. The summed E-state index contributed by atoms with van der Waals surface area (Å²) in [5.41, 5.74) is 14.9. The average Bonchev–Trinajstić information content (AvgIpc) is 2.37. The van der Waals surface area contributed by atoms with Crippen LogP contribution in [0.4, 0.5) is 0 Å².